The molecule has 1 aromatic carbocycles. The molecule has 1 saturated carbocycles. The number of hydrogen-bond acceptors (Lipinski definition) is 2. The third-order valence-electron chi connectivity index (χ3n) is 3.98. The van der Waals surface area contributed by atoms with Crippen LogP contribution in [0.25, 0.3) is 0 Å². The van der Waals surface area contributed by atoms with Crippen molar-refractivity contribution in [3.05, 3.63) is 23.8 Å². The first-order chi connectivity index (χ1) is 8.16. The van der Waals surface area contributed by atoms with Crippen LogP contribution >= 0.6 is 0 Å². The summed E-state index contributed by atoms with van der Waals surface area (Å²) in [5, 5.41) is 3.68. The average Bonchev–Trinajstić information content (AvgIpc) is 2.50. The van der Waals surface area contributed by atoms with Crippen LogP contribution in [0.2, 0.25) is 0 Å². The molecule has 0 radical (unpaired) electrons. The fourth-order valence-electron chi connectivity index (χ4n) is 2.69. The molecule has 1 fully saturated rings. The van der Waals surface area contributed by atoms with E-state index in [4.69, 9.17) is 5.73 Å². The molecule has 1 aliphatic rings. The van der Waals surface area contributed by atoms with Crippen molar-refractivity contribution in [3.63, 3.8) is 0 Å². The summed E-state index contributed by atoms with van der Waals surface area (Å²) in [6, 6.07) is 6.88. The van der Waals surface area contributed by atoms with Crippen LogP contribution in [0.4, 0.5) is 11.4 Å². The molecule has 0 aromatic heterocycles. The van der Waals surface area contributed by atoms with Crippen molar-refractivity contribution in [3.8, 4) is 0 Å². The summed E-state index contributed by atoms with van der Waals surface area (Å²) in [5.74, 6) is 0.773. The number of nitrogens with two attached hydrogens (primary N) is 1. The second-order valence-corrected chi connectivity index (χ2v) is 5.44. The molecule has 0 aliphatic heterocycles. The minimum absolute atomic E-state index is 0.625. The van der Waals surface area contributed by atoms with E-state index in [1.807, 2.05) is 6.07 Å². The molecule has 0 heterocycles. The standard InChI is InChI=1S/C15H24N2/c1-11-6-4-3-5-7-15(11)17-13-8-9-14(16)12(2)10-13/h8-11,15,17H,3-7,16H2,1-2H3. The second-order valence-electron chi connectivity index (χ2n) is 5.44. The molecule has 2 atom stereocenters. The van der Waals surface area contributed by atoms with Crippen LogP contribution in [0.5, 0.6) is 0 Å². The molecule has 3 N–H and O–H groups in total. The predicted octanol–water partition coefficient (Wildman–Crippen LogP) is 3.96. The lowest BCUT2D eigenvalue weighted by molar-refractivity contribution is 0.456. The van der Waals surface area contributed by atoms with Gasteiger partial charge in [-0.15, -0.1) is 0 Å². The molecule has 1 aromatic rings. The van der Waals surface area contributed by atoms with E-state index < -0.39 is 0 Å². The predicted molar refractivity (Wildman–Crippen MR) is 75.3 cm³/mol. The Bertz CT molecular complexity index is 373. The maximum absolute atomic E-state index is 5.85. The first-order valence-electron chi connectivity index (χ1n) is 6.79. The van der Waals surface area contributed by atoms with Gasteiger partial charge >= 0.3 is 0 Å². The van der Waals surface area contributed by atoms with Crippen molar-refractivity contribution in [2.45, 2.75) is 52.0 Å². The van der Waals surface area contributed by atoms with E-state index in [1.165, 1.54) is 37.8 Å². The lowest BCUT2D eigenvalue weighted by Crippen LogP contribution is -2.26. The Balaban J connectivity index is 2.05. The summed E-state index contributed by atoms with van der Waals surface area (Å²) in [5.41, 5.74) is 9.11. The summed E-state index contributed by atoms with van der Waals surface area (Å²) in [7, 11) is 0. The minimum atomic E-state index is 0.625. The zero-order valence-electron chi connectivity index (χ0n) is 11.0. The molecule has 94 valence electrons. The Labute approximate surface area is 105 Å². The third-order valence-corrected chi connectivity index (χ3v) is 3.98. The fourth-order valence-corrected chi connectivity index (χ4v) is 2.69. The topological polar surface area (TPSA) is 38.0 Å². The second kappa shape index (κ2) is 5.44. The Morgan fingerprint density at radius 2 is 1.94 bits per heavy atom. The van der Waals surface area contributed by atoms with Gasteiger partial charge in [-0.05, 0) is 49.4 Å². The molecule has 0 spiro atoms. The van der Waals surface area contributed by atoms with Crippen molar-refractivity contribution in [1.82, 2.24) is 0 Å². The van der Waals surface area contributed by atoms with Gasteiger partial charge in [0, 0.05) is 17.4 Å². The molecule has 2 nitrogen and oxygen atoms in total. The van der Waals surface area contributed by atoms with Gasteiger partial charge in [-0.25, -0.2) is 0 Å². The van der Waals surface area contributed by atoms with Crippen LogP contribution in [0.15, 0.2) is 18.2 Å². The van der Waals surface area contributed by atoms with Crippen molar-refractivity contribution in [2.24, 2.45) is 5.92 Å². The van der Waals surface area contributed by atoms with Gasteiger partial charge in [0.15, 0.2) is 0 Å². The van der Waals surface area contributed by atoms with Crippen LogP contribution in [0.1, 0.15) is 44.6 Å². The zero-order valence-corrected chi connectivity index (χ0v) is 11.0. The molecule has 0 bridgehead atoms. The van der Waals surface area contributed by atoms with Crippen LogP contribution in [0, 0.1) is 12.8 Å². The smallest absolute Gasteiger partial charge is 0.0346 e. The van der Waals surface area contributed by atoms with E-state index >= 15 is 0 Å². The highest BCUT2D eigenvalue weighted by molar-refractivity contribution is 5.57. The highest BCUT2D eigenvalue weighted by Crippen LogP contribution is 2.26. The van der Waals surface area contributed by atoms with Crippen molar-refractivity contribution < 1.29 is 0 Å². The van der Waals surface area contributed by atoms with Crippen molar-refractivity contribution in [2.75, 3.05) is 11.1 Å². The monoisotopic (exact) mass is 232 g/mol. The van der Waals surface area contributed by atoms with E-state index in [0.29, 0.717) is 6.04 Å². The summed E-state index contributed by atoms with van der Waals surface area (Å²) < 4.78 is 0. The Hall–Kier alpha value is -1.18. The molecular formula is C15H24N2. The third kappa shape index (κ3) is 3.15. The van der Waals surface area contributed by atoms with Crippen LogP contribution in [0.3, 0.4) is 0 Å². The molecule has 1 aliphatic carbocycles. The normalized spacial score (nSPS) is 25.3. The van der Waals surface area contributed by atoms with E-state index in [-0.39, 0.29) is 0 Å². The van der Waals surface area contributed by atoms with Crippen LogP contribution in [-0.2, 0) is 0 Å². The van der Waals surface area contributed by atoms with E-state index in [9.17, 15) is 0 Å². The number of nitrogen functional groups attached to an aromatic ring is 1. The molecule has 2 unspecified atom stereocenters. The lowest BCUT2D eigenvalue weighted by Gasteiger charge is -2.24. The SMILES string of the molecule is Cc1cc(NC2CCCCCC2C)ccc1N. The first-order valence-corrected chi connectivity index (χ1v) is 6.79. The maximum Gasteiger partial charge on any atom is 0.0346 e. The fraction of sp³-hybridized carbons (Fsp3) is 0.600. The van der Waals surface area contributed by atoms with E-state index in [1.54, 1.807) is 0 Å². The van der Waals surface area contributed by atoms with Crippen molar-refractivity contribution >= 4 is 11.4 Å². The minimum Gasteiger partial charge on any atom is -0.399 e. The summed E-state index contributed by atoms with van der Waals surface area (Å²) in [6.45, 7) is 4.43. The van der Waals surface area contributed by atoms with Crippen LogP contribution in [-0.4, -0.2) is 6.04 Å². The molecule has 0 amide bonds. The van der Waals surface area contributed by atoms with E-state index in [2.05, 4.69) is 31.3 Å². The molecule has 2 heteroatoms. The van der Waals surface area contributed by atoms with Crippen molar-refractivity contribution in [1.29, 1.82) is 0 Å². The molecule has 0 saturated heterocycles. The van der Waals surface area contributed by atoms with Gasteiger partial charge in [-0.3, -0.25) is 0 Å². The Morgan fingerprint density at radius 3 is 2.71 bits per heavy atom. The van der Waals surface area contributed by atoms with Gasteiger partial charge in [0.1, 0.15) is 0 Å². The van der Waals surface area contributed by atoms with Gasteiger partial charge in [-0.2, -0.15) is 0 Å². The van der Waals surface area contributed by atoms with Gasteiger partial charge in [-0.1, -0.05) is 26.2 Å². The average molecular weight is 232 g/mol. The maximum atomic E-state index is 5.85. The number of anilines is 2. The van der Waals surface area contributed by atoms with Gasteiger partial charge in [0.2, 0.25) is 0 Å². The van der Waals surface area contributed by atoms with Crippen LogP contribution < -0.4 is 11.1 Å². The highest BCUT2D eigenvalue weighted by Gasteiger charge is 2.19. The zero-order chi connectivity index (χ0) is 12.3. The Morgan fingerprint density at radius 1 is 1.18 bits per heavy atom. The van der Waals surface area contributed by atoms with Gasteiger partial charge in [0.25, 0.3) is 0 Å². The number of aryl methyl sites for hydroxylation is 1. The number of rotatable bonds is 2. The summed E-state index contributed by atoms with van der Waals surface area (Å²) >= 11 is 0. The number of benzene rings is 1. The Kier molecular flexibility index (Phi) is 3.93. The molecule has 17 heavy (non-hydrogen) atoms. The molecule has 2 rings (SSSR count). The summed E-state index contributed by atoms with van der Waals surface area (Å²) in [4.78, 5) is 0. The quantitative estimate of drug-likeness (QED) is 0.598. The lowest BCUT2D eigenvalue weighted by atomic mass is 9.96. The van der Waals surface area contributed by atoms with Gasteiger partial charge in [0.05, 0.1) is 0 Å². The first kappa shape index (κ1) is 12.3. The number of hydrogen-bond donors (Lipinski definition) is 2. The van der Waals surface area contributed by atoms with Gasteiger partial charge < -0.3 is 11.1 Å². The largest absolute Gasteiger partial charge is 0.399 e. The van der Waals surface area contributed by atoms with E-state index in [0.717, 1.165) is 17.2 Å². The molecular weight excluding hydrogens is 208 g/mol. The number of nitrogens with one attached hydrogen (secondary N) is 1. The highest BCUT2D eigenvalue weighted by atomic mass is 14.9. The summed E-state index contributed by atoms with van der Waals surface area (Å²) in [6.07, 6.45) is 6.79.